The number of nitrogens with one attached hydrogen (secondary N) is 2. The Morgan fingerprint density at radius 3 is 2.45 bits per heavy atom. The molecule has 0 bridgehead atoms. The zero-order valence-electron chi connectivity index (χ0n) is 17.2. The number of hydrogen-bond donors (Lipinski definition) is 2. The summed E-state index contributed by atoms with van der Waals surface area (Å²) in [5.74, 6) is -1.17. The van der Waals surface area contributed by atoms with E-state index >= 15 is 0 Å². The Hall–Kier alpha value is -2.72. The molecule has 1 aromatic carbocycles. The van der Waals surface area contributed by atoms with Crippen molar-refractivity contribution in [2.24, 2.45) is 7.05 Å². The predicted molar refractivity (Wildman–Crippen MR) is 108 cm³/mol. The number of carbonyl (C=O) groups is 2. The minimum atomic E-state index is -3.73. The summed E-state index contributed by atoms with van der Waals surface area (Å²) in [5, 5.41) is 6.84. The van der Waals surface area contributed by atoms with Crippen molar-refractivity contribution in [3.8, 4) is 0 Å². The largest absolute Gasteiger partial charge is 0.456 e. The van der Waals surface area contributed by atoms with Crippen LogP contribution in [0.3, 0.4) is 0 Å². The molecular formula is C19H26N4O5S. The summed E-state index contributed by atoms with van der Waals surface area (Å²) in [4.78, 5) is 24.0. The van der Waals surface area contributed by atoms with Crippen LogP contribution >= 0.6 is 0 Å². The Morgan fingerprint density at radius 1 is 1.17 bits per heavy atom. The quantitative estimate of drug-likeness (QED) is 0.622. The first-order valence-corrected chi connectivity index (χ1v) is 10.5. The van der Waals surface area contributed by atoms with Crippen molar-refractivity contribution >= 4 is 27.6 Å². The van der Waals surface area contributed by atoms with Gasteiger partial charge in [0.25, 0.3) is 5.91 Å². The molecular weight excluding hydrogens is 396 g/mol. The van der Waals surface area contributed by atoms with Crippen molar-refractivity contribution in [1.82, 2.24) is 14.5 Å². The average Bonchev–Trinajstić information content (AvgIpc) is 2.85. The van der Waals surface area contributed by atoms with Gasteiger partial charge >= 0.3 is 5.97 Å². The summed E-state index contributed by atoms with van der Waals surface area (Å²) in [6.07, 6.45) is -0.192. The van der Waals surface area contributed by atoms with E-state index < -0.39 is 28.5 Å². The second kappa shape index (κ2) is 9.19. The van der Waals surface area contributed by atoms with Crippen LogP contribution < -0.4 is 10.0 Å². The number of aryl methyl sites for hydroxylation is 4. The van der Waals surface area contributed by atoms with Crippen molar-refractivity contribution in [3.05, 3.63) is 40.7 Å². The number of benzene rings is 1. The van der Waals surface area contributed by atoms with E-state index in [9.17, 15) is 18.0 Å². The molecule has 1 aromatic heterocycles. The van der Waals surface area contributed by atoms with Crippen molar-refractivity contribution in [2.45, 2.75) is 39.0 Å². The first kappa shape index (κ1) is 22.6. The summed E-state index contributed by atoms with van der Waals surface area (Å²) < 4.78 is 33.6. The van der Waals surface area contributed by atoms with Gasteiger partial charge in [0.2, 0.25) is 10.0 Å². The molecule has 0 saturated heterocycles. The number of anilines is 1. The van der Waals surface area contributed by atoms with Crippen LogP contribution in [0.5, 0.6) is 0 Å². The second-order valence-electron chi connectivity index (χ2n) is 6.80. The van der Waals surface area contributed by atoms with Crippen LogP contribution in [-0.4, -0.2) is 43.2 Å². The molecule has 2 N–H and O–H groups in total. The third-order valence-electron chi connectivity index (χ3n) is 4.38. The van der Waals surface area contributed by atoms with Crippen LogP contribution in [0.1, 0.15) is 28.9 Å². The molecule has 0 aliphatic rings. The maximum atomic E-state index is 12.3. The smallest absolute Gasteiger partial charge is 0.307 e. The second-order valence-corrected chi connectivity index (χ2v) is 8.53. The van der Waals surface area contributed by atoms with Crippen molar-refractivity contribution in [3.63, 3.8) is 0 Å². The molecule has 1 amide bonds. The highest BCUT2D eigenvalue weighted by molar-refractivity contribution is 7.89. The van der Waals surface area contributed by atoms with Gasteiger partial charge in [-0.05, 0) is 39.3 Å². The van der Waals surface area contributed by atoms with E-state index in [4.69, 9.17) is 4.74 Å². The Bertz CT molecular complexity index is 1030. The molecule has 158 valence electrons. The van der Waals surface area contributed by atoms with Crippen molar-refractivity contribution in [2.75, 3.05) is 18.5 Å². The van der Waals surface area contributed by atoms with E-state index in [2.05, 4.69) is 15.1 Å². The molecule has 29 heavy (non-hydrogen) atoms. The monoisotopic (exact) mass is 422 g/mol. The third-order valence-corrected chi connectivity index (χ3v) is 6.00. The molecule has 2 aromatic rings. The Morgan fingerprint density at radius 2 is 1.86 bits per heavy atom. The summed E-state index contributed by atoms with van der Waals surface area (Å²) >= 11 is 0. The van der Waals surface area contributed by atoms with E-state index in [0.717, 1.165) is 11.3 Å². The number of ether oxygens (including phenoxy) is 1. The molecule has 1 heterocycles. The Kier molecular flexibility index (Phi) is 7.15. The summed E-state index contributed by atoms with van der Waals surface area (Å²) in [5.41, 5.74) is 3.60. The topological polar surface area (TPSA) is 119 Å². The maximum Gasteiger partial charge on any atom is 0.307 e. The van der Waals surface area contributed by atoms with Crippen LogP contribution in [0.25, 0.3) is 0 Å². The van der Waals surface area contributed by atoms with Crippen LogP contribution in [-0.2, 0) is 31.4 Å². The molecule has 0 fully saturated rings. The van der Waals surface area contributed by atoms with Gasteiger partial charge in [0.1, 0.15) is 0 Å². The van der Waals surface area contributed by atoms with Crippen molar-refractivity contribution < 1.29 is 22.7 Å². The fraction of sp³-hybridized carbons (Fsp3) is 0.421. The molecule has 0 aliphatic heterocycles. The summed E-state index contributed by atoms with van der Waals surface area (Å²) in [7, 11) is -1.97. The van der Waals surface area contributed by atoms with Gasteiger partial charge in [-0.2, -0.15) is 5.10 Å². The molecule has 0 spiro atoms. The van der Waals surface area contributed by atoms with Crippen molar-refractivity contribution in [1.29, 1.82) is 0 Å². The van der Waals surface area contributed by atoms with Gasteiger partial charge in [0, 0.05) is 13.6 Å². The standard InChI is InChI=1S/C19H26N4O5S/c1-12-6-7-16(13(2)10-12)29(26,27)20-9-8-18(25)28-11-17(24)21-19-14(3)22-23(5)15(19)4/h6-7,10,20H,8-9,11H2,1-5H3,(H,21,24). The fourth-order valence-corrected chi connectivity index (χ4v) is 4.07. The zero-order valence-corrected chi connectivity index (χ0v) is 18.0. The van der Waals surface area contributed by atoms with Gasteiger partial charge in [-0.15, -0.1) is 0 Å². The molecule has 9 nitrogen and oxygen atoms in total. The first-order valence-electron chi connectivity index (χ1n) is 9.04. The number of aromatic nitrogens is 2. The molecule has 0 aliphatic carbocycles. The van der Waals surface area contributed by atoms with E-state index in [1.165, 1.54) is 6.07 Å². The fourth-order valence-electron chi connectivity index (χ4n) is 2.81. The number of esters is 1. The van der Waals surface area contributed by atoms with Crippen LogP contribution in [0, 0.1) is 27.7 Å². The molecule has 0 unspecified atom stereocenters. The highest BCUT2D eigenvalue weighted by Crippen LogP contribution is 2.18. The Balaban J connectivity index is 1.80. The van der Waals surface area contributed by atoms with E-state index in [-0.39, 0.29) is 17.9 Å². The van der Waals surface area contributed by atoms with E-state index in [1.54, 1.807) is 37.7 Å². The third kappa shape index (κ3) is 5.88. The predicted octanol–water partition coefficient (Wildman–Crippen LogP) is 1.50. The van der Waals surface area contributed by atoms with Gasteiger partial charge in [-0.25, -0.2) is 13.1 Å². The SMILES string of the molecule is Cc1ccc(S(=O)(=O)NCCC(=O)OCC(=O)Nc2c(C)nn(C)c2C)c(C)c1. The number of hydrogen-bond acceptors (Lipinski definition) is 6. The Labute approximate surface area is 170 Å². The number of carbonyl (C=O) groups excluding carboxylic acids is 2. The molecule has 0 atom stereocenters. The zero-order chi connectivity index (χ0) is 21.8. The number of nitrogens with zero attached hydrogens (tertiary/aromatic N) is 2. The lowest BCUT2D eigenvalue weighted by Gasteiger charge is -2.10. The van der Waals surface area contributed by atoms with Gasteiger partial charge < -0.3 is 10.1 Å². The maximum absolute atomic E-state index is 12.3. The first-order chi connectivity index (χ1) is 13.5. The van der Waals surface area contributed by atoms with E-state index in [0.29, 0.717) is 16.9 Å². The number of rotatable bonds is 8. The van der Waals surface area contributed by atoms with Gasteiger partial charge in [0.05, 0.1) is 28.4 Å². The lowest BCUT2D eigenvalue weighted by Crippen LogP contribution is -2.28. The van der Waals surface area contributed by atoms with Gasteiger partial charge in [0.15, 0.2) is 6.61 Å². The van der Waals surface area contributed by atoms with E-state index in [1.807, 2.05) is 13.8 Å². The highest BCUT2D eigenvalue weighted by Gasteiger charge is 2.18. The normalized spacial score (nSPS) is 11.3. The highest BCUT2D eigenvalue weighted by atomic mass is 32.2. The molecule has 0 saturated carbocycles. The van der Waals surface area contributed by atoms with Gasteiger partial charge in [-0.1, -0.05) is 17.7 Å². The molecule has 2 rings (SSSR count). The lowest BCUT2D eigenvalue weighted by atomic mass is 10.2. The number of sulfonamides is 1. The van der Waals surface area contributed by atoms with Crippen LogP contribution in [0.15, 0.2) is 23.1 Å². The van der Waals surface area contributed by atoms with Crippen LogP contribution in [0.2, 0.25) is 0 Å². The minimum absolute atomic E-state index is 0.128. The number of amides is 1. The lowest BCUT2D eigenvalue weighted by molar-refractivity contribution is -0.147. The van der Waals surface area contributed by atoms with Crippen LogP contribution in [0.4, 0.5) is 5.69 Å². The van der Waals surface area contributed by atoms with Gasteiger partial charge in [-0.3, -0.25) is 14.3 Å². The summed E-state index contributed by atoms with van der Waals surface area (Å²) in [6.45, 7) is 6.56. The molecule has 0 radical (unpaired) electrons. The molecule has 10 heteroatoms. The minimum Gasteiger partial charge on any atom is -0.456 e. The summed E-state index contributed by atoms with van der Waals surface area (Å²) in [6, 6.07) is 5.01. The average molecular weight is 423 g/mol.